The minimum absolute atomic E-state index is 0.231. The van der Waals surface area contributed by atoms with Gasteiger partial charge in [0.25, 0.3) is 0 Å². The lowest BCUT2D eigenvalue weighted by Crippen LogP contribution is -2.19. The molecule has 4 aromatic rings. The number of carboxylic acids is 1. The molecule has 0 spiro atoms. The van der Waals surface area contributed by atoms with Crippen LogP contribution in [0.3, 0.4) is 0 Å². The summed E-state index contributed by atoms with van der Waals surface area (Å²) in [6.45, 7) is 1.72. The van der Waals surface area contributed by atoms with Gasteiger partial charge in [-0.2, -0.15) is 5.10 Å². The second kappa shape index (κ2) is 9.88. The molecule has 10 heteroatoms. The van der Waals surface area contributed by atoms with Crippen molar-refractivity contribution < 1.29 is 19.4 Å². The maximum Gasteiger partial charge on any atom is 0.413 e. The number of anilines is 1. The van der Waals surface area contributed by atoms with Crippen molar-refractivity contribution >= 4 is 41.1 Å². The summed E-state index contributed by atoms with van der Waals surface area (Å²) >= 11 is 12.5. The number of hydrogen-bond acceptors (Lipinski definition) is 5. The Morgan fingerprint density at radius 2 is 1.76 bits per heavy atom. The van der Waals surface area contributed by atoms with Crippen LogP contribution in [0.25, 0.3) is 16.9 Å². The molecule has 188 valence electrons. The molecule has 2 aromatic heterocycles. The maximum absolute atomic E-state index is 12.6. The fourth-order valence-corrected chi connectivity index (χ4v) is 4.65. The second-order valence-electron chi connectivity index (χ2n) is 8.81. The predicted octanol–water partition coefficient (Wildman–Crippen LogP) is 6.67. The van der Waals surface area contributed by atoms with Gasteiger partial charge < -0.3 is 9.84 Å². The third-order valence-corrected chi connectivity index (χ3v) is 7.08. The van der Waals surface area contributed by atoms with Crippen molar-refractivity contribution in [3.8, 4) is 16.9 Å². The highest BCUT2D eigenvalue weighted by atomic mass is 35.5. The number of ether oxygens (including phenoxy) is 1. The van der Waals surface area contributed by atoms with Crippen molar-refractivity contribution in [2.24, 2.45) is 0 Å². The molecule has 0 saturated heterocycles. The first-order valence-corrected chi connectivity index (χ1v) is 12.3. The smallest absolute Gasteiger partial charge is 0.413 e. The zero-order valence-electron chi connectivity index (χ0n) is 19.7. The summed E-state index contributed by atoms with van der Waals surface area (Å²) in [5.74, 6) is -0.549. The molecular weight excluding hydrogens is 515 g/mol. The van der Waals surface area contributed by atoms with Gasteiger partial charge in [-0.15, -0.1) is 0 Å². The lowest BCUT2D eigenvalue weighted by Gasteiger charge is -2.16. The van der Waals surface area contributed by atoms with Crippen LogP contribution in [-0.4, -0.2) is 31.9 Å². The summed E-state index contributed by atoms with van der Waals surface area (Å²) in [5, 5.41) is 17.1. The van der Waals surface area contributed by atoms with E-state index in [2.05, 4.69) is 15.4 Å². The third-order valence-electron chi connectivity index (χ3n) is 6.46. The maximum atomic E-state index is 12.6. The lowest BCUT2D eigenvalue weighted by molar-refractivity contribution is -0.140. The number of aromatic nitrogens is 3. The zero-order valence-corrected chi connectivity index (χ0v) is 21.2. The van der Waals surface area contributed by atoms with E-state index >= 15 is 0 Å². The number of halogens is 2. The molecule has 1 saturated carbocycles. The minimum atomic E-state index is -0.785. The van der Waals surface area contributed by atoms with Gasteiger partial charge in [0.15, 0.2) is 5.82 Å². The first-order valence-electron chi connectivity index (χ1n) is 11.5. The summed E-state index contributed by atoms with van der Waals surface area (Å²) in [4.78, 5) is 28.7. The molecular formula is C27H22Cl2N4O4. The van der Waals surface area contributed by atoms with E-state index in [0.717, 1.165) is 11.1 Å². The Hall–Kier alpha value is -3.88. The average molecular weight is 537 g/mol. The van der Waals surface area contributed by atoms with Crippen molar-refractivity contribution in [3.63, 3.8) is 0 Å². The Morgan fingerprint density at radius 1 is 1.03 bits per heavy atom. The van der Waals surface area contributed by atoms with Crippen LogP contribution in [-0.2, 0) is 14.9 Å². The Labute approximate surface area is 222 Å². The van der Waals surface area contributed by atoms with Crippen LogP contribution in [0.15, 0.2) is 73.1 Å². The van der Waals surface area contributed by atoms with Crippen molar-refractivity contribution in [2.45, 2.75) is 31.3 Å². The molecule has 37 heavy (non-hydrogen) atoms. The number of carbonyl (C=O) groups excluding carboxylic acids is 1. The van der Waals surface area contributed by atoms with E-state index in [1.54, 1.807) is 37.4 Å². The SMILES string of the molecule is C[C@@H](OC(=O)Nc1c(Cl)cnn1-c1ccc(-c2ccc(C3(C(=O)O)CC3)cc2)nc1)c1ccccc1Cl. The molecule has 0 unspecified atom stereocenters. The number of pyridine rings is 1. The number of carboxylic acid groups (broad SMARTS) is 1. The third kappa shape index (κ3) is 4.90. The van der Waals surface area contributed by atoms with E-state index in [9.17, 15) is 14.7 Å². The van der Waals surface area contributed by atoms with E-state index in [-0.39, 0.29) is 10.8 Å². The molecule has 1 amide bonds. The molecule has 2 aromatic carbocycles. The number of rotatable bonds is 7. The van der Waals surface area contributed by atoms with E-state index < -0.39 is 23.6 Å². The number of nitrogens with zero attached hydrogens (tertiary/aromatic N) is 3. The van der Waals surface area contributed by atoms with Gasteiger partial charge in [-0.3, -0.25) is 15.1 Å². The lowest BCUT2D eigenvalue weighted by atomic mass is 9.95. The van der Waals surface area contributed by atoms with E-state index in [4.69, 9.17) is 27.9 Å². The highest BCUT2D eigenvalue weighted by molar-refractivity contribution is 6.33. The molecule has 0 aliphatic heterocycles. The van der Waals surface area contributed by atoms with Gasteiger partial charge in [0.05, 0.1) is 29.2 Å². The van der Waals surface area contributed by atoms with Gasteiger partial charge in [-0.1, -0.05) is 65.7 Å². The topological polar surface area (TPSA) is 106 Å². The highest BCUT2D eigenvalue weighted by Gasteiger charge is 2.51. The van der Waals surface area contributed by atoms with Crippen LogP contribution in [0.4, 0.5) is 10.6 Å². The molecule has 1 atom stereocenters. The molecule has 8 nitrogen and oxygen atoms in total. The Bertz CT molecular complexity index is 1460. The first-order chi connectivity index (χ1) is 17.8. The van der Waals surface area contributed by atoms with Crippen LogP contribution in [0.1, 0.15) is 37.0 Å². The minimum Gasteiger partial charge on any atom is -0.481 e. The largest absolute Gasteiger partial charge is 0.481 e. The molecule has 1 aliphatic carbocycles. The number of aliphatic carboxylic acids is 1. The van der Waals surface area contributed by atoms with E-state index in [1.165, 1.54) is 10.9 Å². The normalized spacial score (nSPS) is 14.6. The van der Waals surface area contributed by atoms with Gasteiger partial charge in [-0.25, -0.2) is 9.48 Å². The summed E-state index contributed by atoms with van der Waals surface area (Å²) in [6.07, 6.45) is 3.04. The van der Waals surface area contributed by atoms with Crippen molar-refractivity contribution in [1.82, 2.24) is 14.8 Å². The standard InChI is InChI=1S/C27H22Cl2N4O4/c1-16(20-4-2-3-5-21(20)28)37-26(36)32-24-22(29)15-31-33(24)19-10-11-23(30-14-19)17-6-8-18(9-7-17)27(12-13-27)25(34)35/h2-11,14-16H,12-13H2,1H3,(H,32,36)(H,34,35)/t16-/m1/s1. The molecule has 1 fully saturated rings. The monoisotopic (exact) mass is 536 g/mol. The Balaban J connectivity index is 1.30. The molecule has 0 bridgehead atoms. The molecule has 0 radical (unpaired) electrons. The summed E-state index contributed by atoms with van der Waals surface area (Å²) < 4.78 is 6.93. The van der Waals surface area contributed by atoms with Crippen LogP contribution in [0.5, 0.6) is 0 Å². The van der Waals surface area contributed by atoms with Crippen LogP contribution < -0.4 is 5.32 Å². The number of carbonyl (C=O) groups is 2. The van der Waals surface area contributed by atoms with Crippen LogP contribution >= 0.6 is 23.2 Å². The van der Waals surface area contributed by atoms with Crippen molar-refractivity contribution in [1.29, 1.82) is 0 Å². The Kier molecular flexibility index (Phi) is 6.62. The Morgan fingerprint density at radius 3 is 2.38 bits per heavy atom. The zero-order chi connectivity index (χ0) is 26.2. The molecule has 1 aliphatic rings. The predicted molar refractivity (Wildman–Crippen MR) is 140 cm³/mol. The molecule has 5 rings (SSSR count). The first kappa shape index (κ1) is 24.8. The van der Waals surface area contributed by atoms with Crippen molar-refractivity contribution in [2.75, 3.05) is 5.32 Å². The van der Waals surface area contributed by atoms with Gasteiger partial charge in [0.1, 0.15) is 11.1 Å². The summed E-state index contributed by atoms with van der Waals surface area (Å²) in [6, 6.07) is 18.2. The van der Waals surface area contributed by atoms with Gasteiger partial charge in [0, 0.05) is 16.1 Å². The van der Waals surface area contributed by atoms with Gasteiger partial charge in [-0.05, 0) is 43.5 Å². The molecule has 2 N–H and O–H groups in total. The average Bonchev–Trinajstić information content (AvgIpc) is 3.64. The molecule has 2 heterocycles. The number of hydrogen-bond donors (Lipinski definition) is 2. The van der Waals surface area contributed by atoms with Crippen LogP contribution in [0.2, 0.25) is 10.0 Å². The van der Waals surface area contributed by atoms with E-state index in [0.29, 0.717) is 34.8 Å². The second-order valence-corrected chi connectivity index (χ2v) is 9.63. The fourth-order valence-electron chi connectivity index (χ4n) is 4.19. The highest BCUT2D eigenvalue weighted by Crippen LogP contribution is 2.48. The summed E-state index contributed by atoms with van der Waals surface area (Å²) in [7, 11) is 0. The fraction of sp³-hybridized carbons (Fsp3) is 0.185. The number of amides is 1. The van der Waals surface area contributed by atoms with Gasteiger partial charge >= 0.3 is 12.1 Å². The van der Waals surface area contributed by atoms with E-state index in [1.807, 2.05) is 36.4 Å². The number of benzene rings is 2. The van der Waals surface area contributed by atoms with Gasteiger partial charge in [0.2, 0.25) is 0 Å². The number of nitrogens with one attached hydrogen (secondary N) is 1. The summed E-state index contributed by atoms with van der Waals surface area (Å²) in [5.41, 5.74) is 2.87. The van der Waals surface area contributed by atoms with Crippen LogP contribution in [0, 0.1) is 0 Å². The quantitative estimate of drug-likeness (QED) is 0.273. The van der Waals surface area contributed by atoms with Crippen molar-refractivity contribution in [3.05, 3.63) is 94.2 Å².